The van der Waals surface area contributed by atoms with Gasteiger partial charge in [0.05, 0.1) is 30.6 Å². The fourth-order valence-corrected chi connectivity index (χ4v) is 4.79. The highest BCUT2D eigenvalue weighted by Crippen LogP contribution is 2.31. The maximum atomic E-state index is 12.4. The topological polar surface area (TPSA) is 135 Å². The van der Waals surface area contributed by atoms with Crippen molar-refractivity contribution < 1.29 is 14.6 Å². The summed E-state index contributed by atoms with van der Waals surface area (Å²) in [7, 11) is 0. The van der Waals surface area contributed by atoms with Gasteiger partial charge in [0.15, 0.2) is 5.13 Å². The lowest BCUT2D eigenvalue weighted by atomic mass is 10.2. The normalized spacial score (nSPS) is 14.0. The molecule has 0 bridgehead atoms. The van der Waals surface area contributed by atoms with Gasteiger partial charge in [-0.05, 0) is 12.1 Å². The Hall–Kier alpha value is -3.06. The second-order valence-corrected chi connectivity index (χ2v) is 8.83. The number of anilines is 1. The first kappa shape index (κ1) is 25.6. The van der Waals surface area contributed by atoms with Crippen LogP contribution in [0.15, 0.2) is 36.4 Å². The van der Waals surface area contributed by atoms with E-state index in [0.29, 0.717) is 13.1 Å². The molecule has 3 aromatic rings. The SMILES string of the molecule is Cl.O=C(NCCN1CCN(c2nc3ccc([N+](=O)[O-])cc3s2)CC1)c1cc([N+](=O)[O-])ccc1Cl. The van der Waals surface area contributed by atoms with Crippen LogP contribution in [0.1, 0.15) is 10.4 Å². The average molecular weight is 527 g/mol. The Bertz CT molecular complexity index is 1230. The van der Waals surface area contributed by atoms with Crippen LogP contribution in [0.2, 0.25) is 5.02 Å². The summed E-state index contributed by atoms with van der Waals surface area (Å²) in [5.74, 6) is -0.453. The number of nitro benzene ring substituents is 2. The average Bonchev–Trinajstić information content (AvgIpc) is 3.23. The maximum Gasteiger partial charge on any atom is 0.270 e. The number of piperazine rings is 1. The summed E-state index contributed by atoms with van der Waals surface area (Å²) in [6, 6.07) is 8.43. The van der Waals surface area contributed by atoms with E-state index < -0.39 is 15.8 Å². The third kappa shape index (κ3) is 5.70. The monoisotopic (exact) mass is 526 g/mol. The Kier molecular flexibility index (Phi) is 8.20. The second kappa shape index (κ2) is 10.9. The highest BCUT2D eigenvalue weighted by Gasteiger charge is 2.21. The highest BCUT2D eigenvalue weighted by molar-refractivity contribution is 7.22. The molecule has 0 saturated carbocycles. The number of hydrogen-bond acceptors (Lipinski definition) is 9. The number of nitrogens with one attached hydrogen (secondary N) is 1. The summed E-state index contributed by atoms with van der Waals surface area (Å²) < 4.78 is 0.782. The van der Waals surface area contributed by atoms with Crippen molar-refractivity contribution in [3.05, 3.63) is 67.2 Å². The van der Waals surface area contributed by atoms with Crippen LogP contribution in [0.4, 0.5) is 16.5 Å². The van der Waals surface area contributed by atoms with Gasteiger partial charge in [-0.2, -0.15) is 0 Å². The van der Waals surface area contributed by atoms with Crippen LogP contribution >= 0.6 is 35.3 Å². The number of thiazole rings is 1. The van der Waals surface area contributed by atoms with Crippen LogP contribution in [0, 0.1) is 20.2 Å². The molecule has 4 rings (SSSR count). The molecule has 0 aliphatic carbocycles. The zero-order valence-corrected chi connectivity index (χ0v) is 20.1. The number of amides is 1. The summed E-state index contributed by atoms with van der Waals surface area (Å²) in [6.07, 6.45) is 0. The van der Waals surface area contributed by atoms with Gasteiger partial charge in [-0.15, -0.1) is 12.4 Å². The molecule has 1 aliphatic rings. The Labute approximate surface area is 209 Å². The zero-order valence-electron chi connectivity index (χ0n) is 17.7. The fourth-order valence-electron chi connectivity index (χ4n) is 3.54. The molecule has 11 nitrogen and oxygen atoms in total. The van der Waals surface area contributed by atoms with Crippen LogP contribution in [0.3, 0.4) is 0 Å². The van der Waals surface area contributed by atoms with Gasteiger partial charge in [0, 0.05) is 63.5 Å². The van der Waals surface area contributed by atoms with Gasteiger partial charge < -0.3 is 10.2 Å². The zero-order chi connectivity index (χ0) is 23.5. The molecule has 1 fully saturated rings. The van der Waals surface area contributed by atoms with Crippen LogP contribution in [0.25, 0.3) is 10.2 Å². The molecule has 0 unspecified atom stereocenters. The summed E-state index contributed by atoms with van der Waals surface area (Å²) in [5, 5.41) is 25.6. The molecule has 1 aliphatic heterocycles. The van der Waals surface area contributed by atoms with Gasteiger partial charge in [0.2, 0.25) is 0 Å². The van der Waals surface area contributed by atoms with Crippen molar-refractivity contribution in [2.75, 3.05) is 44.2 Å². The second-order valence-electron chi connectivity index (χ2n) is 7.41. The van der Waals surface area contributed by atoms with Crippen molar-refractivity contribution >= 4 is 68.0 Å². The molecule has 14 heteroatoms. The van der Waals surface area contributed by atoms with Crippen molar-refractivity contribution in [1.29, 1.82) is 0 Å². The molecule has 1 aromatic heterocycles. The molecule has 1 N–H and O–H groups in total. The molecule has 1 saturated heterocycles. The van der Waals surface area contributed by atoms with Gasteiger partial charge in [-0.3, -0.25) is 29.9 Å². The molecule has 180 valence electrons. The first-order chi connectivity index (χ1) is 15.8. The van der Waals surface area contributed by atoms with E-state index in [2.05, 4.69) is 20.1 Å². The first-order valence-electron chi connectivity index (χ1n) is 10.1. The molecule has 0 radical (unpaired) electrons. The molecule has 0 atom stereocenters. The van der Waals surface area contributed by atoms with E-state index in [-0.39, 0.29) is 34.4 Å². The van der Waals surface area contributed by atoms with E-state index >= 15 is 0 Å². The highest BCUT2D eigenvalue weighted by atomic mass is 35.5. The van der Waals surface area contributed by atoms with Crippen molar-refractivity contribution in [2.24, 2.45) is 0 Å². The van der Waals surface area contributed by atoms with Gasteiger partial charge in [0.25, 0.3) is 17.3 Å². The molecule has 2 heterocycles. The molecular formula is C20H20Cl2N6O5S. The third-order valence-electron chi connectivity index (χ3n) is 5.33. The van der Waals surface area contributed by atoms with Crippen LogP contribution < -0.4 is 10.2 Å². The minimum atomic E-state index is -0.570. The van der Waals surface area contributed by atoms with E-state index in [0.717, 1.165) is 41.5 Å². The molecule has 1 amide bonds. The molecule has 2 aromatic carbocycles. The quantitative estimate of drug-likeness (QED) is 0.363. The van der Waals surface area contributed by atoms with Crippen LogP contribution in [-0.2, 0) is 0 Å². The Balaban J connectivity index is 0.00000324. The van der Waals surface area contributed by atoms with Crippen LogP contribution in [-0.4, -0.2) is 64.9 Å². The van der Waals surface area contributed by atoms with Gasteiger partial charge in [-0.25, -0.2) is 4.98 Å². The van der Waals surface area contributed by atoms with Crippen molar-refractivity contribution in [3.8, 4) is 0 Å². The predicted molar refractivity (Wildman–Crippen MR) is 133 cm³/mol. The largest absolute Gasteiger partial charge is 0.351 e. The Morgan fingerprint density at radius 2 is 1.71 bits per heavy atom. The number of nitrogens with zero attached hydrogens (tertiary/aromatic N) is 5. The summed E-state index contributed by atoms with van der Waals surface area (Å²) >= 11 is 7.45. The number of hydrogen-bond donors (Lipinski definition) is 1. The maximum absolute atomic E-state index is 12.4. The minimum Gasteiger partial charge on any atom is -0.351 e. The van der Waals surface area contributed by atoms with E-state index in [1.807, 2.05) is 0 Å². The number of carbonyl (C=O) groups excluding carboxylic acids is 1. The number of rotatable bonds is 7. The van der Waals surface area contributed by atoms with Crippen molar-refractivity contribution in [3.63, 3.8) is 0 Å². The Morgan fingerprint density at radius 1 is 1.06 bits per heavy atom. The molecule has 34 heavy (non-hydrogen) atoms. The number of halogens is 2. The van der Waals surface area contributed by atoms with Gasteiger partial charge in [0.1, 0.15) is 0 Å². The fraction of sp³-hybridized carbons (Fsp3) is 0.300. The summed E-state index contributed by atoms with van der Waals surface area (Å²) in [6.45, 7) is 4.02. The number of nitro groups is 2. The third-order valence-corrected chi connectivity index (χ3v) is 6.74. The number of aromatic nitrogens is 1. The standard InChI is InChI=1S/C20H19ClN6O5S.ClH/c21-16-3-1-13(26(29)30)11-15(16)19(28)22-5-6-24-7-9-25(10-8-24)20-23-17-4-2-14(27(31)32)12-18(17)33-20;/h1-4,11-12H,5-10H2,(H,22,28);1H. The van der Waals surface area contributed by atoms with Gasteiger partial charge in [-0.1, -0.05) is 22.9 Å². The summed E-state index contributed by atoms with van der Waals surface area (Å²) in [4.78, 5) is 42.2. The number of non-ortho nitro benzene ring substituents is 2. The lowest BCUT2D eigenvalue weighted by Crippen LogP contribution is -2.48. The van der Waals surface area contributed by atoms with E-state index in [9.17, 15) is 25.0 Å². The van der Waals surface area contributed by atoms with Crippen LogP contribution in [0.5, 0.6) is 0 Å². The molecular weight excluding hydrogens is 507 g/mol. The smallest absolute Gasteiger partial charge is 0.270 e. The summed E-state index contributed by atoms with van der Waals surface area (Å²) in [5.41, 5.74) is 0.679. The van der Waals surface area contributed by atoms with Gasteiger partial charge >= 0.3 is 0 Å². The molecule has 0 spiro atoms. The van der Waals surface area contributed by atoms with Crippen molar-refractivity contribution in [1.82, 2.24) is 15.2 Å². The lowest BCUT2D eigenvalue weighted by Gasteiger charge is -2.34. The van der Waals surface area contributed by atoms with Crippen molar-refractivity contribution in [2.45, 2.75) is 0 Å². The predicted octanol–water partition coefficient (Wildman–Crippen LogP) is 3.74. The number of carbonyl (C=O) groups is 1. The van der Waals surface area contributed by atoms with E-state index in [4.69, 9.17) is 11.6 Å². The van der Waals surface area contributed by atoms with E-state index in [1.165, 1.54) is 35.6 Å². The lowest BCUT2D eigenvalue weighted by molar-refractivity contribution is -0.385. The van der Waals surface area contributed by atoms with E-state index in [1.54, 1.807) is 12.1 Å². The number of benzene rings is 2. The minimum absolute atomic E-state index is 0. The Morgan fingerprint density at radius 3 is 2.38 bits per heavy atom. The first-order valence-corrected chi connectivity index (χ1v) is 11.3. The number of fused-ring (bicyclic) bond motifs is 1.